The van der Waals surface area contributed by atoms with E-state index in [-0.39, 0.29) is 6.10 Å². The fourth-order valence-corrected chi connectivity index (χ4v) is 3.63. The number of ether oxygens (including phenoxy) is 1. The van der Waals surface area contributed by atoms with E-state index in [0.717, 1.165) is 48.0 Å². The molecule has 0 radical (unpaired) electrons. The fourth-order valence-electron chi connectivity index (χ4n) is 3.42. The smallest absolute Gasteiger partial charge is 0.112 e. The molecule has 1 aromatic carbocycles. The van der Waals surface area contributed by atoms with Crippen molar-refractivity contribution in [3.05, 3.63) is 82.4 Å². The molecule has 1 fully saturated rings. The van der Waals surface area contributed by atoms with Crippen LogP contribution in [0.15, 0.2) is 54.7 Å². The summed E-state index contributed by atoms with van der Waals surface area (Å²) in [6.45, 7) is 3.32. The predicted molar refractivity (Wildman–Crippen MR) is 106 cm³/mol. The molecular weight excluding hydrogens is 360 g/mol. The summed E-state index contributed by atoms with van der Waals surface area (Å²) in [5.41, 5.74) is 4.28. The van der Waals surface area contributed by atoms with Gasteiger partial charge in [0, 0.05) is 50.0 Å². The van der Waals surface area contributed by atoms with Crippen LogP contribution in [0.25, 0.3) is 0 Å². The minimum atomic E-state index is -0.0156. The second-order valence-corrected chi connectivity index (χ2v) is 7.27. The fraction of sp³-hybridized carbons (Fsp3) is 0.333. The molecule has 0 amide bonds. The SMILES string of the molecule is Cn1nccc1CN1CCO[C@@H](c2cccc(Cc3ccccc3Cl)n2)C1. The maximum absolute atomic E-state index is 6.30. The van der Waals surface area contributed by atoms with Crippen molar-refractivity contribution in [3.8, 4) is 0 Å². The summed E-state index contributed by atoms with van der Waals surface area (Å²) in [5.74, 6) is 0. The Morgan fingerprint density at radius 3 is 2.85 bits per heavy atom. The number of hydrogen-bond donors (Lipinski definition) is 0. The van der Waals surface area contributed by atoms with Crippen molar-refractivity contribution < 1.29 is 4.74 Å². The van der Waals surface area contributed by atoms with Crippen molar-refractivity contribution in [1.82, 2.24) is 19.7 Å². The highest BCUT2D eigenvalue weighted by atomic mass is 35.5. The average molecular weight is 383 g/mol. The Kier molecular flexibility index (Phi) is 5.53. The molecule has 6 heteroatoms. The lowest BCUT2D eigenvalue weighted by Crippen LogP contribution is -2.38. The van der Waals surface area contributed by atoms with E-state index in [0.29, 0.717) is 6.61 Å². The van der Waals surface area contributed by atoms with Gasteiger partial charge in [-0.2, -0.15) is 5.10 Å². The second-order valence-electron chi connectivity index (χ2n) is 6.86. The molecule has 140 valence electrons. The topological polar surface area (TPSA) is 43.2 Å². The van der Waals surface area contributed by atoms with Crippen LogP contribution in [0.1, 0.15) is 28.7 Å². The molecule has 0 saturated carbocycles. The molecule has 5 nitrogen and oxygen atoms in total. The van der Waals surface area contributed by atoms with E-state index in [2.05, 4.69) is 22.1 Å². The van der Waals surface area contributed by atoms with Crippen LogP contribution in [0.2, 0.25) is 5.02 Å². The molecule has 1 aliphatic heterocycles. The lowest BCUT2D eigenvalue weighted by atomic mass is 10.1. The third-order valence-corrected chi connectivity index (χ3v) is 5.31. The largest absolute Gasteiger partial charge is 0.369 e. The Hall–Kier alpha value is -2.21. The summed E-state index contributed by atoms with van der Waals surface area (Å²) in [6.07, 6.45) is 2.55. The molecule has 0 N–H and O–H groups in total. The number of halogens is 1. The second kappa shape index (κ2) is 8.21. The van der Waals surface area contributed by atoms with Crippen LogP contribution < -0.4 is 0 Å². The highest BCUT2D eigenvalue weighted by Crippen LogP contribution is 2.23. The van der Waals surface area contributed by atoms with Crippen LogP contribution in [0, 0.1) is 0 Å². The van der Waals surface area contributed by atoms with Crippen molar-refractivity contribution in [2.75, 3.05) is 19.7 Å². The van der Waals surface area contributed by atoms with Gasteiger partial charge in [-0.3, -0.25) is 14.6 Å². The van der Waals surface area contributed by atoms with Crippen LogP contribution >= 0.6 is 11.6 Å². The standard InChI is InChI=1S/C21H23ClN4O/c1-25-18(9-10-23-25)14-26-11-12-27-21(15-26)20-8-4-6-17(24-20)13-16-5-2-3-7-19(16)22/h2-10,21H,11-15H2,1H3/t21-/m1/s1. The molecule has 0 spiro atoms. The Labute approximate surface area is 164 Å². The summed E-state index contributed by atoms with van der Waals surface area (Å²) >= 11 is 6.30. The zero-order valence-corrected chi connectivity index (χ0v) is 16.1. The Morgan fingerprint density at radius 1 is 1.15 bits per heavy atom. The Bertz CT molecular complexity index is 910. The molecule has 1 saturated heterocycles. The number of morpholine rings is 1. The van der Waals surface area contributed by atoms with Gasteiger partial charge in [0.2, 0.25) is 0 Å². The third kappa shape index (κ3) is 4.38. The van der Waals surface area contributed by atoms with Crippen LogP contribution in [0.5, 0.6) is 0 Å². The summed E-state index contributed by atoms with van der Waals surface area (Å²) in [7, 11) is 1.98. The van der Waals surface area contributed by atoms with Crippen molar-refractivity contribution in [2.24, 2.45) is 7.05 Å². The first-order valence-electron chi connectivity index (χ1n) is 9.19. The summed E-state index contributed by atoms with van der Waals surface area (Å²) in [6, 6.07) is 16.1. The van der Waals surface area contributed by atoms with Gasteiger partial charge in [0.05, 0.1) is 18.0 Å². The molecule has 0 bridgehead atoms. The van der Waals surface area contributed by atoms with Crippen LogP contribution in [-0.4, -0.2) is 39.4 Å². The van der Waals surface area contributed by atoms with Crippen LogP contribution in [0.3, 0.4) is 0 Å². The number of aromatic nitrogens is 3. The van der Waals surface area contributed by atoms with E-state index >= 15 is 0 Å². The third-order valence-electron chi connectivity index (χ3n) is 4.95. The van der Waals surface area contributed by atoms with Gasteiger partial charge in [-0.25, -0.2) is 0 Å². The van der Waals surface area contributed by atoms with E-state index in [4.69, 9.17) is 21.3 Å². The van der Waals surface area contributed by atoms with E-state index in [1.807, 2.05) is 54.3 Å². The van der Waals surface area contributed by atoms with Gasteiger partial charge in [-0.05, 0) is 29.8 Å². The quantitative estimate of drug-likeness (QED) is 0.675. The molecule has 27 heavy (non-hydrogen) atoms. The number of benzene rings is 1. The number of aryl methyl sites for hydroxylation is 1. The van der Waals surface area contributed by atoms with Gasteiger partial charge in [0.1, 0.15) is 6.10 Å². The number of hydrogen-bond acceptors (Lipinski definition) is 4. The zero-order valence-electron chi connectivity index (χ0n) is 15.4. The average Bonchev–Trinajstić information content (AvgIpc) is 3.09. The molecule has 4 rings (SSSR count). The first-order valence-corrected chi connectivity index (χ1v) is 9.57. The Balaban J connectivity index is 1.46. The lowest BCUT2D eigenvalue weighted by molar-refractivity contribution is -0.0357. The minimum absolute atomic E-state index is 0.0156. The van der Waals surface area contributed by atoms with E-state index < -0.39 is 0 Å². The van der Waals surface area contributed by atoms with E-state index in [1.54, 1.807) is 0 Å². The minimum Gasteiger partial charge on any atom is -0.369 e. The summed E-state index contributed by atoms with van der Waals surface area (Å²) in [4.78, 5) is 7.25. The van der Waals surface area contributed by atoms with E-state index in [1.165, 1.54) is 5.69 Å². The molecule has 0 unspecified atom stereocenters. The summed E-state index contributed by atoms with van der Waals surface area (Å²) < 4.78 is 7.94. The summed E-state index contributed by atoms with van der Waals surface area (Å²) in [5, 5.41) is 5.03. The molecule has 3 heterocycles. The molecule has 1 atom stereocenters. The van der Waals surface area contributed by atoms with Crippen molar-refractivity contribution in [2.45, 2.75) is 19.1 Å². The molecule has 2 aromatic heterocycles. The predicted octanol–water partition coefficient (Wildman–Crippen LogP) is 3.63. The van der Waals surface area contributed by atoms with Crippen molar-refractivity contribution in [3.63, 3.8) is 0 Å². The van der Waals surface area contributed by atoms with Gasteiger partial charge in [0.15, 0.2) is 0 Å². The van der Waals surface area contributed by atoms with Crippen molar-refractivity contribution in [1.29, 1.82) is 0 Å². The normalized spacial score (nSPS) is 17.9. The Morgan fingerprint density at radius 2 is 2.04 bits per heavy atom. The molecule has 1 aliphatic rings. The number of nitrogens with zero attached hydrogens (tertiary/aromatic N) is 4. The van der Waals surface area contributed by atoms with E-state index in [9.17, 15) is 0 Å². The molecular formula is C21H23ClN4O. The monoisotopic (exact) mass is 382 g/mol. The first-order chi connectivity index (χ1) is 13.2. The lowest BCUT2D eigenvalue weighted by Gasteiger charge is -2.32. The molecule has 0 aliphatic carbocycles. The number of pyridine rings is 1. The maximum Gasteiger partial charge on any atom is 0.112 e. The van der Waals surface area contributed by atoms with Crippen LogP contribution in [0.4, 0.5) is 0 Å². The van der Waals surface area contributed by atoms with Gasteiger partial charge in [-0.1, -0.05) is 35.9 Å². The highest BCUT2D eigenvalue weighted by Gasteiger charge is 2.24. The van der Waals surface area contributed by atoms with Gasteiger partial charge in [-0.15, -0.1) is 0 Å². The number of rotatable bonds is 5. The highest BCUT2D eigenvalue weighted by molar-refractivity contribution is 6.31. The maximum atomic E-state index is 6.30. The van der Waals surface area contributed by atoms with Gasteiger partial charge in [0.25, 0.3) is 0 Å². The van der Waals surface area contributed by atoms with Crippen molar-refractivity contribution >= 4 is 11.6 Å². The van der Waals surface area contributed by atoms with Gasteiger partial charge < -0.3 is 4.74 Å². The van der Waals surface area contributed by atoms with Crippen LogP contribution in [-0.2, 0) is 24.8 Å². The molecule has 3 aromatic rings. The first kappa shape index (κ1) is 18.2. The van der Waals surface area contributed by atoms with Gasteiger partial charge >= 0.3 is 0 Å². The zero-order chi connectivity index (χ0) is 18.6.